The second-order valence-electron chi connectivity index (χ2n) is 3.70. The van der Waals surface area contributed by atoms with Crippen LogP contribution in [0.5, 0.6) is 0 Å². The molecule has 16 heavy (non-hydrogen) atoms. The first-order chi connectivity index (χ1) is 7.74. The number of carbonyl (C=O) groups is 1. The second kappa shape index (κ2) is 4.33. The normalized spacial score (nSPS) is 10.6. The van der Waals surface area contributed by atoms with E-state index in [0.29, 0.717) is 17.8 Å². The Bertz CT molecular complexity index is 534. The van der Waals surface area contributed by atoms with E-state index in [4.69, 9.17) is 5.73 Å². The molecule has 2 aromatic rings. The Morgan fingerprint density at radius 1 is 1.25 bits per heavy atom. The summed E-state index contributed by atoms with van der Waals surface area (Å²) < 4.78 is 0. The van der Waals surface area contributed by atoms with Gasteiger partial charge in [-0.05, 0) is 18.5 Å². The number of hydrogen-bond acceptors (Lipinski definition) is 3. The van der Waals surface area contributed by atoms with Crippen LogP contribution in [0.2, 0.25) is 0 Å². The highest BCUT2D eigenvalue weighted by atomic mass is 16.1. The average molecular weight is 214 g/mol. The summed E-state index contributed by atoms with van der Waals surface area (Å²) in [7, 11) is 1.75. The van der Waals surface area contributed by atoms with E-state index < -0.39 is 0 Å². The smallest absolute Gasteiger partial charge is 0.178 e. The molecular weight excluding hydrogens is 200 g/mol. The standard InChI is InChI=1S/C13H14N2O/c1-15-8-12(16)11-7-6-9-4-2-3-5-10(9)13(11)14/h2-7,15H,8,14H2,1H3. The Labute approximate surface area is 94.3 Å². The van der Waals surface area contributed by atoms with E-state index in [1.54, 1.807) is 13.1 Å². The van der Waals surface area contributed by atoms with Gasteiger partial charge in [0.2, 0.25) is 0 Å². The minimum Gasteiger partial charge on any atom is -0.398 e. The number of nitrogen functional groups attached to an aromatic ring is 1. The fraction of sp³-hybridized carbons (Fsp3) is 0.154. The molecule has 0 aliphatic heterocycles. The predicted molar refractivity (Wildman–Crippen MR) is 66.6 cm³/mol. The summed E-state index contributed by atoms with van der Waals surface area (Å²) in [5, 5.41) is 4.83. The van der Waals surface area contributed by atoms with E-state index in [0.717, 1.165) is 10.8 Å². The number of hydrogen-bond donors (Lipinski definition) is 2. The monoisotopic (exact) mass is 214 g/mol. The molecule has 0 saturated heterocycles. The van der Waals surface area contributed by atoms with Gasteiger partial charge in [0, 0.05) is 10.9 Å². The van der Waals surface area contributed by atoms with Crippen molar-refractivity contribution < 1.29 is 4.79 Å². The molecule has 3 N–H and O–H groups in total. The molecule has 0 saturated carbocycles. The topological polar surface area (TPSA) is 55.1 Å². The zero-order valence-electron chi connectivity index (χ0n) is 9.16. The number of ketones is 1. The fourth-order valence-corrected chi connectivity index (χ4v) is 1.79. The van der Waals surface area contributed by atoms with Crippen LogP contribution in [0.1, 0.15) is 10.4 Å². The Kier molecular flexibility index (Phi) is 2.88. The van der Waals surface area contributed by atoms with Crippen LogP contribution in [0.15, 0.2) is 36.4 Å². The molecule has 0 atom stereocenters. The summed E-state index contributed by atoms with van der Waals surface area (Å²) in [6.07, 6.45) is 0. The van der Waals surface area contributed by atoms with Crippen molar-refractivity contribution in [2.24, 2.45) is 0 Å². The highest BCUT2D eigenvalue weighted by Crippen LogP contribution is 2.24. The van der Waals surface area contributed by atoms with E-state index in [9.17, 15) is 4.79 Å². The molecule has 0 aliphatic rings. The van der Waals surface area contributed by atoms with Gasteiger partial charge in [0.25, 0.3) is 0 Å². The van der Waals surface area contributed by atoms with Crippen LogP contribution in [0.25, 0.3) is 10.8 Å². The Hall–Kier alpha value is -1.87. The molecule has 3 nitrogen and oxygen atoms in total. The molecule has 0 fully saturated rings. The van der Waals surface area contributed by atoms with Crippen molar-refractivity contribution in [2.45, 2.75) is 0 Å². The van der Waals surface area contributed by atoms with Gasteiger partial charge in [-0.1, -0.05) is 30.3 Å². The number of rotatable bonds is 3. The lowest BCUT2D eigenvalue weighted by atomic mass is 10.0. The number of benzene rings is 2. The molecule has 0 unspecified atom stereocenters. The van der Waals surface area contributed by atoms with Crippen molar-refractivity contribution in [3.8, 4) is 0 Å². The molecule has 0 radical (unpaired) electrons. The number of nitrogens with two attached hydrogens (primary N) is 1. The van der Waals surface area contributed by atoms with Gasteiger partial charge < -0.3 is 11.1 Å². The molecule has 2 aromatic carbocycles. The van der Waals surface area contributed by atoms with Crippen LogP contribution >= 0.6 is 0 Å². The van der Waals surface area contributed by atoms with Gasteiger partial charge in [-0.15, -0.1) is 0 Å². The minimum atomic E-state index is 0.0192. The summed E-state index contributed by atoms with van der Waals surface area (Å²) in [4.78, 5) is 11.8. The first-order valence-electron chi connectivity index (χ1n) is 5.19. The van der Waals surface area contributed by atoms with Gasteiger partial charge in [-0.25, -0.2) is 0 Å². The number of Topliss-reactive ketones (excluding diaryl/α,β-unsaturated/α-hetero) is 1. The lowest BCUT2D eigenvalue weighted by Gasteiger charge is -2.07. The van der Waals surface area contributed by atoms with Crippen molar-refractivity contribution >= 4 is 22.2 Å². The van der Waals surface area contributed by atoms with Gasteiger partial charge in [-0.2, -0.15) is 0 Å². The summed E-state index contributed by atoms with van der Waals surface area (Å²) in [6.45, 7) is 0.308. The zero-order valence-corrected chi connectivity index (χ0v) is 9.16. The van der Waals surface area contributed by atoms with E-state index in [-0.39, 0.29) is 5.78 Å². The van der Waals surface area contributed by atoms with Crippen LogP contribution in [0.4, 0.5) is 5.69 Å². The Morgan fingerprint density at radius 2 is 2.00 bits per heavy atom. The first-order valence-corrected chi connectivity index (χ1v) is 5.19. The summed E-state index contributed by atoms with van der Waals surface area (Å²) in [6, 6.07) is 11.5. The van der Waals surface area contributed by atoms with Crippen LogP contribution in [0, 0.1) is 0 Å². The minimum absolute atomic E-state index is 0.0192. The van der Waals surface area contributed by atoms with Crippen molar-refractivity contribution in [1.82, 2.24) is 5.32 Å². The third kappa shape index (κ3) is 1.77. The predicted octanol–water partition coefficient (Wildman–Crippen LogP) is 1.82. The van der Waals surface area contributed by atoms with Crippen molar-refractivity contribution in [3.05, 3.63) is 42.0 Å². The van der Waals surface area contributed by atoms with E-state index in [2.05, 4.69) is 5.32 Å². The summed E-state index contributed by atoms with van der Waals surface area (Å²) >= 11 is 0. The summed E-state index contributed by atoms with van der Waals surface area (Å²) in [5.74, 6) is 0.0192. The fourth-order valence-electron chi connectivity index (χ4n) is 1.79. The third-order valence-corrected chi connectivity index (χ3v) is 2.61. The molecule has 0 heterocycles. The Balaban J connectivity index is 2.56. The number of anilines is 1. The molecular formula is C13H14N2O. The van der Waals surface area contributed by atoms with Crippen molar-refractivity contribution in [2.75, 3.05) is 19.3 Å². The third-order valence-electron chi connectivity index (χ3n) is 2.61. The molecule has 0 spiro atoms. The molecule has 0 aliphatic carbocycles. The van der Waals surface area contributed by atoms with Crippen LogP contribution in [0.3, 0.4) is 0 Å². The lowest BCUT2D eigenvalue weighted by molar-refractivity contribution is 0.0994. The van der Waals surface area contributed by atoms with Gasteiger partial charge in [0.15, 0.2) is 5.78 Å². The van der Waals surface area contributed by atoms with Crippen LogP contribution in [-0.2, 0) is 0 Å². The largest absolute Gasteiger partial charge is 0.398 e. The average Bonchev–Trinajstić information content (AvgIpc) is 2.30. The SMILES string of the molecule is CNCC(=O)c1ccc2ccccc2c1N. The van der Waals surface area contributed by atoms with Crippen molar-refractivity contribution in [3.63, 3.8) is 0 Å². The highest BCUT2D eigenvalue weighted by Gasteiger charge is 2.10. The Morgan fingerprint density at radius 3 is 2.75 bits per heavy atom. The quantitative estimate of drug-likeness (QED) is 0.605. The van der Waals surface area contributed by atoms with E-state index >= 15 is 0 Å². The second-order valence-corrected chi connectivity index (χ2v) is 3.70. The molecule has 82 valence electrons. The summed E-state index contributed by atoms with van der Waals surface area (Å²) in [5.41, 5.74) is 7.16. The van der Waals surface area contributed by atoms with Gasteiger partial charge in [0.05, 0.1) is 12.2 Å². The number of carbonyl (C=O) groups excluding carboxylic acids is 1. The number of fused-ring (bicyclic) bond motifs is 1. The van der Waals surface area contributed by atoms with Gasteiger partial charge >= 0.3 is 0 Å². The van der Waals surface area contributed by atoms with Crippen molar-refractivity contribution in [1.29, 1.82) is 0 Å². The highest BCUT2D eigenvalue weighted by molar-refractivity contribution is 6.09. The maximum absolute atomic E-state index is 11.8. The van der Waals surface area contributed by atoms with Gasteiger partial charge in [-0.3, -0.25) is 4.79 Å². The molecule has 0 bridgehead atoms. The maximum Gasteiger partial charge on any atom is 0.178 e. The first kappa shape index (κ1) is 10.6. The number of nitrogens with one attached hydrogen (secondary N) is 1. The van der Waals surface area contributed by atoms with E-state index in [1.165, 1.54) is 0 Å². The molecule has 0 aromatic heterocycles. The molecule has 2 rings (SSSR count). The van der Waals surface area contributed by atoms with Crippen LogP contribution < -0.4 is 11.1 Å². The van der Waals surface area contributed by atoms with E-state index in [1.807, 2.05) is 30.3 Å². The van der Waals surface area contributed by atoms with Gasteiger partial charge in [0.1, 0.15) is 0 Å². The maximum atomic E-state index is 11.8. The molecule has 3 heteroatoms. The molecule has 0 amide bonds. The number of likely N-dealkylation sites (N-methyl/N-ethyl adjacent to an activating group) is 1. The lowest BCUT2D eigenvalue weighted by Crippen LogP contribution is -2.19. The van der Waals surface area contributed by atoms with Crippen LogP contribution in [-0.4, -0.2) is 19.4 Å². The zero-order chi connectivity index (χ0) is 11.5.